The fourth-order valence-corrected chi connectivity index (χ4v) is 5.45. The number of anilines is 1. The number of pyridine rings is 1. The number of amides is 1. The molecule has 1 fully saturated rings. The van der Waals surface area contributed by atoms with Crippen LogP contribution in [0.25, 0.3) is 5.82 Å². The number of alkyl halides is 3. The number of carbonyl (C=O) groups excluding carboxylic acids is 1. The minimum absolute atomic E-state index is 0.0131. The van der Waals surface area contributed by atoms with Crippen LogP contribution >= 0.6 is 0 Å². The first-order valence-corrected chi connectivity index (χ1v) is 11.5. The van der Waals surface area contributed by atoms with Gasteiger partial charge in [-0.2, -0.15) is 18.3 Å². The molecule has 1 aliphatic heterocycles. The molecule has 1 aliphatic rings. The van der Waals surface area contributed by atoms with E-state index in [9.17, 15) is 30.8 Å². The van der Waals surface area contributed by atoms with E-state index in [-0.39, 0.29) is 23.0 Å². The second kappa shape index (κ2) is 8.24. The highest BCUT2D eigenvalue weighted by atomic mass is 32.2. The molecule has 1 saturated heterocycles. The van der Waals surface area contributed by atoms with Crippen molar-refractivity contribution in [3.8, 4) is 5.82 Å². The Balaban J connectivity index is 1.46. The normalized spacial score (nSPS) is 17.9. The summed E-state index contributed by atoms with van der Waals surface area (Å²) in [4.78, 5) is 20.2. The number of aromatic nitrogens is 5. The maximum Gasteiger partial charge on any atom is 0.435 e. The van der Waals surface area contributed by atoms with Crippen LogP contribution < -0.4 is 5.32 Å². The predicted molar refractivity (Wildman–Crippen MR) is 108 cm³/mol. The zero-order valence-electron chi connectivity index (χ0n) is 17.2. The molecule has 33 heavy (non-hydrogen) atoms. The molecule has 4 heterocycles. The summed E-state index contributed by atoms with van der Waals surface area (Å²) in [6.45, 7) is 0.869. The average Bonchev–Trinajstić information content (AvgIpc) is 3.40. The summed E-state index contributed by atoms with van der Waals surface area (Å²) in [7, 11) is -3.28. The van der Waals surface area contributed by atoms with Crippen LogP contribution in [-0.2, 0) is 27.4 Å². The Bertz CT molecular complexity index is 1320. The monoisotopic (exact) mass is 486 g/mol. The van der Waals surface area contributed by atoms with E-state index in [2.05, 4.69) is 20.4 Å². The quantitative estimate of drug-likeness (QED) is 0.555. The molecule has 0 bridgehead atoms. The number of nitrogens with zero attached hydrogens (tertiary/aromatic N) is 5. The Morgan fingerprint density at radius 3 is 2.64 bits per heavy atom. The second-order valence-electron chi connectivity index (χ2n) is 7.61. The van der Waals surface area contributed by atoms with Crippen molar-refractivity contribution >= 4 is 21.4 Å². The van der Waals surface area contributed by atoms with E-state index in [0.717, 1.165) is 16.8 Å². The Morgan fingerprint density at radius 2 is 2.03 bits per heavy atom. The average molecular weight is 486 g/mol. The van der Waals surface area contributed by atoms with Crippen LogP contribution in [0.1, 0.15) is 35.2 Å². The van der Waals surface area contributed by atoms with Gasteiger partial charge in [0.05, 0.1) is 23.3 Å². The zero-order chi connectivity index (χ0) is 24.0. The third-order valence-corrected chi connectivity index (χ3v) is 7.38. The van der Waals surface area contributed by atoms with Crippen LogP contribution in [0.3, 0.4) is 0 Å². The Morgan fingerprint density at radius 1 is 1.27 bits per heavy atom. The van der Waals surface area contributed by atoms with Crippen molar-refractivity contribution in [3.05, 3.63) is 53.8 Å². The number of nitrogens with one attached hydrogen (secondary N) is 1. The van der Waals surface area contributed by atoms with E-state index in [1.54, 1.807) is 0 Å². The zero-order valence-corrected chi connectivity index (χ0v) is 18.0. The second-order valence-corrected chi connectivity index (χ2v) is 9.91. The van der Waals surface area contributed by atoms with Crippen LogP contribution in [0.2, 0.25) is 0 Å². The number of halogens is 4. The van der Waals surface area contributed by atoms with Crippen molar-refractivity contribution in [2.45, 2.75) is 37.7 Å². The lowest BCUT2D eigenvalue weighted by Crippen LogP contribution is -2.21. The lowest BCUT2D eigenvalue weighted by Gasteiger charge is -2.09. The molecule has 3 aromatic heterocycles. The van der Waals surface area contributed by atoms with Gasteiger partial charge in [-0.15, -0.1) is 0 Å². The molecule has 1 amide bonds. The van der Waals surface area contributed by atoms with Crippen molar-refractivity contribution in [1.29, 1.82) is 0 Å². The highest BCUT2D eigenvalue weighted by molar-refractivity contribution is 7.91. The molecular weight excluding hydrogens is 468 g/mol. The minimum atomic E-state index is -4.63. The summed E-state index contributed by atoms with van der Waals surface area (Å²) >= 11 is 0. The molecule has 176 valence electrons. The van der Waals surface area contributed by atoms with Crippen LogP contribution in [0.15, 0.2) is 30.9 Å². The third kappa shape index (κ3) is 4.74. The number of imidazole rings is 1. The molecule has 1 N–H and O–H groups in total. The molecule has 1 atom stereocenters. The SMILES string of the molecule is Cc1cc(C(F)(F)F)nn1CC(=O)Nc1cnc(-n2cnc([C@H]3CCCS3(=O)=O)c2)c(F)c1. The topological polar surface area (TPSA) is 112 Å². The summed E-state index contributed by atoms with van der Waals surface area (Å²) in [6, 6.07) is 1.81. The molecule has 0 radical (unpaired) electrons. The van der Waals surface area contributed by atoms with Crippen LogP contribution in [-0.4, -0.2) is 44.4 Å². The molecule has 9 nitrogen and oxygen atoms in total. The van der Waals surface area contributed by atoms with Gasteiger partial charge in [-0.25, -0.2) is 22.8 Å². The largest absolute Gasteiger partial charge is 0.435 e. The van der Waals surface area contributed by atoms with Gasteiger partial charge < -0.3 is 5.32 Å². The van der Waals surface area contributed by atoms with Gasteiger partial charge in [-0.3, -0.25) is 14.0 Å². The number of aryl methyl sites for hydroxylation is 1. The summed E-state index contributed by atoms with van der Waals surface area (Å²) in [5.74, 6) is -1.61. The van der Waals surface area contributed by atoms with Crippen molar-refractivity contribution < 1.29 is 30.8 Å². The van der Waals surface area contributed by atoms with Crippen molar-refractivity contribution in [2.24, 2.45) is 0 Å². The van der Waals surface area contributed by atoms with Gasteiger partial charge in [0.2, 0.25) is 5.91 Å². The maximum atomic E-state index is 14.6. The molecular formula is C19H18F4N6O3S. The fraction of sp³-hybridized carbons (Fsp3) is 0.368. The van der Waals surface area contributed by atoms with E-state index in [1.165, 1.54) is 30.2 Å². The van der Waals surface area contributed by atoms with Crippen LogP contribution in [0.4, 0.5) is 23.2 Å². The predicted octanol–water partition coefficient (Wildman–Crippen LogP) is 2.82. The highest BCUT2D eigenvalue weighted by Gasteiger charge is 2.35. The first-order chi connectivity index (χ1) is 15.4. The van der Waals surface area contributed by atoms with Gasteiger partial charge in [0, 0.05) is 18.0 Å². The lowest BCUT2D eigenvalue weighted by molar-refractivity contribution is -0.141. The standard InChI is InChI=1S/C19H18F4N6O3S/c1-11-5-16(19(21,22)23)27-29(11)9-17(30)26-12-6-13(20)18(24-7-12)28-8-14(25-10-28)15-3-2-4-33(15,31)32/h5-8,10,15H,2-4,9H2,1H3,(H,26,30)/t15-/m1/s1. The molecule has 0 spiro atoms. The third-order valence-electron chi connectivity index (χ3n) is 5.18. The van der Waals surface area contributed by atoms with Gasteiger partial charge in [-0.05, 0) is 25.8 Å². The first-order valence-electron chi connectivity index (χ1n) is 9.77. The molecule has 0 saturated carbocycles. The summed E-state index contributed by atoms with van der Waals surface area (Å²) < 4.78 is 79.2. The Hall–Kier alpha value is -3.29. The lowest BCUT2D eigenvalue weighted by atomic mass is 10.2. The number of rotatable bonds is 5. The van der Waals surface area contributed by atoms with Crippen molar-refractivity contribution in [1.82, 2.24) is 24.3 Å². The molecule has 0 aliphatic carbocycles. The number of carbonyl (C=O) groups is 1. The molecule has 3 aromatic rings. The molecule has 0 aromatic carbocycles. The first kappa shape index (κ1) is 22.9. The summed E-state index contributed by atoms with van der Waals surface area (Å²) in [6.07, 6.45) is 0.169. The fourth-order valence-electron chi connectivity index (χ4n) is 3.58. The van der Waals surface area contributed by atoms with E-state index in [1.807, 2.05) is 0 Å². The van der Waals surface area contributed by atoms with Crippen molar-refractivity contribution in [3.63, 3.8) is 0 Å². The van der Waals surface area contributed by atoms with Gasteiger partial charge in [0.1, 0.15) is 18.1 Å². The van der Waals surface area contributed by atoms with Crippen LogP contribution in [0, 0.1) is 12.7 Å². The van der Waals surface area contributed by atoms with E-state index < -0.39 is 45.2 Å². The smallest absolute Gasteiger partial charge is 0.323 e. The van der Waals surface area contributed by atoms with Gasteiger partial charge in [0.25, 0.3) is 0 Å². The van der Waals surface area contributed by atoms with Gasteiger partial charge in [-0.1, -0.05) is 0 Å². The maximum absolute atomic E-state index is 14.6. The minimum Gasteiger partial charge on any atom is -0.323 e. The molecule has 4 rings (SSSR count). The van der Waals surface area contributed by atoms with E-state index >= 15 is 0 Å². The Labute approximate surface area is 185 Å². The number of hydrogen-bond donors (Lipinski definition) is 1. The van der Waals surface area contributed by atoms with E-state index in [4.69, 9.17) is 0 Å². The van der Waals surface area contributed by atoms with Crippen molar-refractivity contribution in [2.75, 3.05) is 11.1 Å². The molecule has 14 heteroatoms. The van der Waals surface area contributed by atoms with Gasteiger partial charge >= 0.3 is 6.18 Å². The van der Waals surface area contributed by atoms with Gasteiger partial charge in [0.15, 0.2) is 27.2 Å². The van der Waals surface area contributed by atoms with Crippen LogP contribution in [0.5, 0.6) is 0 Å². The number of hydrogen-bond acceptors (Lipinski definition) is 6. The summed E-state index contributed by atoms with van der Waals surface area (Å²) in [5.41, 5.74) is -0.688. The summed E-state index contributed by atoms with van der Waals surface area (Å²) in [5, 5.41) is 4.99. The highest BCUT2D eigenvalue weighted by Crippen LogP contribution is 2.34. The molecule has 0 unspecified atom stereocenters. The van der Waals surface area contributed by atoms with E-state index in [0.29, 0.717) is 18.5 Å². The number of sulfone groups is 1. The Kier molecular flexibility index (Phi) is 5.72.